The number of alkyl halides is 2. The normalized spacial score (nSPS) is 31.2. The highest BCUT2D eigenvalue weighted by Crippen LogP contribution is 2.24. The van der Waals surface area contributed by atoms with Gasteiger partial charge in [-0.3, -0.25) is 0 Å². The second kappa shape index (κ2) is 5.63. The Kier molecular flexibility index (Phi) is 5.55. The molecule has 0 spiro atoms. The zero-order chi connectivity index (χ0) is 7.98. The van der Waals surface area contributed by atoms with Crippen molar-refractivity contribution in [2.24, 2.45) is 0 Å². The van der Waals surface area contributed by atoms with Gasteiger partial charge in [-0.15, -0.1) is 0 Å². The van der Waals surface area contributed by atoms with Crippen LogP contribution in [0.2, 0.25) is 0 Å². The van der Waals surface area contributed by atoms with Gasteiger partial charge < -0.3 is 0 Å². The number of rotatable bonds is 0. The fourth-order valence-electron chi connectivity index (χ4n) is 0.870. The number of halogens is 2. The first-order valence-corrected chi connectivity index (χ1v) is 4.00. The summed E-state index contributed by atoms with van der Waals surface area (Å²) in [6, 6.07) is 0. The van der Waals surface area contributed by atoms with Crippen molar-refractivity contribution in [2.45, 2.75) is 51.9 Å². The van der Waals surface area contributed by atoms with Crippen LogP contribution in [0.25, 0.3) is 0 Å². The lowest BCUT2D eigenvalue weighted by Gasteiger charge is -1.96. The van der Waals surface area contributed by atoms with Gasteiger partial charge in [-0.05, 0) is 19.3 Å². The summed E-state index contributed by atoms with van der Waals surface area (Å²) in [6.07, 6.45) is 0.532. The van der Waals surface area contributed by atoms with Gasteiger partial charge in [-0.2, -0.15) is 0 Å². The molecule has 0 nitrogen and oxygen atoms in total. The van der Waals surface area contributed by atoms with Crippen LogP contribution < -0.4 is 0 Å². The Balaban J connectivity index is 0.000000236. The van der Waals surface area contributed by atoms with Gasteiger partial charge in [0.25, 0.3) is 0 Å². The van der Waals surface area contributed by atoms with E-state index in [0.717, 1.165) is 6.42 Å². The summed E-state index contributed by atoms with van der Waals surface area (Å²) in [5.41, 5.74) is 0. The molecule has 2 unspecified atom stereocenters. The first kappa shape index (κ1) is 9.86. The third-order valence-corrected chi connectivity index (χ3v) is 1.35. The molecule has 0 heterocycles. The highest BCUT2D eigenvalue weighted by molar-refractivity contribution is 4.75. The van der Waals surface area contributed by atoms with Crippen LogP contribution in [0.4, 0.5) is 8.78 Å². The molecule has 0 aromatic carbocycles. The molecule has 2 atom stereocenters. The third-order valence-electron chi connectivity index (χ3n) is 1.35. The monoisotopic (exact) mass is 150 g/mol. The second-order valence-electron chi connectivity index (χ2n) is 2.67. The van der Waals surface area contributed by atoms with Crippen LogP contribution in [0, 0.1) is 0 Å². The van der Waals surface area contributed by atoms with Crippen molar-refractivity contribution in [3.8, 4) is 0 Å². The average Bonchev–Trinajstić information content (AvgIpc) is 2.19. The van der Waals surface area contributed by atoms with Crippen molar-refractivity contribution in [1.29, 1.82) is 0 Å². The van der Waals surface area contributed by atoms with Crippen LogP contribution >= 0.6 is 0 Å². The smallest absolute Gasteiger partial charge is 0.131 e. The lowest BCUT2D eigenvalue weighted by atomic mass is 10.3. The minimum Gasteiger partial charge on any atom is -0.244 e. The first-order valence-electron chi connectivity index (χ1n) is 4.00. The van der Waals surface area contributed by atoms with Crippen molar-refractivity contribution in [3.05, 3.63) is 0 Å². The van der Waals surface area contributed by atoms with Crippen LogP contribution in [0.1, 0.15) is 39.5 Å². The molecule has 0 aromatic heterocycles. The molecule has 0 amide bonds. The van der Waals surface area contributed by atoms with E-state index in [2.05, 4.69) is 13.8 Å². The van der Waals surface area contributed by atoms with Gasteiger partial charge in [0.2, 0.25) is 0 Å². The predicted molar refractivity (Wildman–Crippen MR) is 39.6 cm³/mol. The fraction of sp³-hybridized carbons (Fsp3) is 1.00. The quantitative estimate of drug-likeness (QED) is 0.497. The van der Waals surface area contributed by atoms with Gasteiger partial charge in [-0.1, -0.05) is 20.3 Å². The first-order chi connectivity index (χ1) is 4.72. The van der Waals surface area contributed by atoms with Crippen molar-refractivity contribution >= 4 is 0 Å². The van der Waals surface area contributed by atoms with Gasteiger partial charge >= 0.3 is 0 Å². The predicted octanol–water partition coefficient (Wildman–Crippen LogP) is 3.26. The molecule has 1 aliphatic carbocycles. The molecular formula is C8H16F2. The summed E-state index contributed by atoms with van der Waals surface area (Å²) in [5.74, 6) is 0. The molecule has 0 bridgehead atoms. The fourth-order valence-corrected chi connectivity index (χ4v) is 0.870. The van der Waals surface area contributed by atoms with E-state index in [1.807, 2.05) is 0 Å². The molecule has 2 heteroatoms. The highest BCUT2D eigenvalue weighted by atomic mass is 19.2. The molecule has 1 rings (SSSR count). The summed E-state index contributed by atoms with van der Waals surface area (Å²) >= 11 is 0. The third kappa shape index (κ3) is 3.80. The zero-order valence-corrected chi connectivity index (χ0v) is 6.74. The second-order valence-corrected chi connectivity index (χ2v) is 2.67. The maximum Gasteiger partial charge on any atom is 0.131 e. The van der Waals surface area contributed by atoms with Gasteiger partial charge in [-0.25, -0.2) is 8.78 Å². The maximum atomic E-state index is 11.9. The van der Waals surface area contributed by atoms with Crippen molar-refractivity contribution < 1.29 is 8.78 Å². The Morgan fingerprint density at radius 3 is 1.50 bits per heavy atom. The van der Waals surface area contributed by atoms with Crippen LogP contribution in [-0.2, 0) is 0 Å². The minimum absolute atomic E-state index is 0.432. The highest BCUT2D eigenvalue weighted by Gasteiger charge is 2.25. The van der Waals surface area contributed by atoms with Gasteiger partial charge in [0.05, 0.1) is 0 Å². The van der Waals surface area contributed by atoms with E-state index in [9.17, 15) is 8.78 Å². The van der Waals surface area contributed by atoms with Gasteiger partial charge in [0.1, 0.15) is 12.3 Å². The molecule has 0 radical (unpaired) electrons. The Morgan fingerprint density at radius 1 is 1.10 bits per heavy atom. The van der Waals surface area contributed by atoms with E-state index in [4.69, 9.17) is 0 Å². The van der Waals surface area contributed by atoms with Crippen LogP contribution in [0.3, 0.4) is 0 Å². The summed E-state index contributed by atoms with van der Waals surface area (Å²) < 4.78 is 23.9. The molecule has 1 saturated carbocycles. The maximum absolute atomic E-state index is 11.9. The summed E-state index contributed by atoms with van der Waals surface area (Å²) in [7, 11) is 0. The molecule has 62 valence electrons. The van der Waals surface area contributed by atoms with E-state index in [-0.39, 0.29) is 0 Å². The van der Waals surface area contributed by atoms with Gasteiger partial charge in [0.15, 0.2) is 0 Å². The molecule has 10 heavy (non-hydrogen) atoms. The molecule has 1 fully saturated rings. The Labute approximate surface area is 61.6 Å². The Hall–Kier alpha value is -0.140. The standard InChI is InChI=1S/C5H8F2.C3H8/c6-4-2-1-3-5(4)7;1-3-2/h4-5H,1-3H2;3H2,1-2H3. The number of hydrogen-bond acceptors (Lipinski definition) is 0. The summed E-state index contributed by atoms with van der Waals surface area (Å²) in [5, 5.41) is 0. The van der Waals surface area contributed by atoms with E-state index >= 15 is 0 Å². The molecule has 1 aliphatic rings. The zero-order valence-electron chi connectivity index (χ0n) is 6.74. The topological polar surface area (TPSA) is 0 Å². The van der Waals surface area contributed by atoms with Crippen molar-refractivity contribution in [2.75, 3.05) is 0 Å². The van der Waals surface area contributed by atoms with Crippen molar-refractivity contribution in [3.63, 3.8) is 0 Å². The summed E-state index contributed by atoms with van der Waals surface area (Å²) in [6.45, 7) is 4.25. The van der Waals surface area contributed by atoms with Crippen molar-refractivity contribution in [1.82, 2.24) is 0 Å². The minimum atomic E-state index is -1.15. The van der Waals surface area contributed by atoms with E-state index in [1.54, 1.807) is 0 Å². The summed E-state index contributed by atoms with van der Waals surface area (Å²) in [4.78, 5) is 0. The van der Waals surface area contributed by atoms with E-state index in [0.29, 0.717) is 12.8 Å². The number of hydrogen-bond donors (Lipinski definition) is 0. The van der Waals surface area contributed by atoms with E-state index < -0.39 is 12.3 Å². The average molecular weight is 150 g/mol. The molecular weight excluding hydrogens is 134 g/mol. The molecule has 0 N–H and O–H groups in total. The largest absolute Gasteiger partial charge is 0.244 e. The van der Waals surface area contributed by atoms with Crippen LogP contribution in [0.15, 0.2) is 0 Å². The molecule has 0 aromatic rings. The molecule has 0 saturated heterocycles. The lowest BCUT2D eigenvalue weighted by Crippen LogP contribution is -2.06. The van der Waals surface area contributed by atoms with E-state index in [1.165, 1.54) is 6.42 Å². The Morgan fingerprint density at radius 2 is 1.40 bits per heavy atom. The van der Waals surface area contributed by atoms with Crippen LogP contribution in [-0.4, -0.2) is 12.3 Å². The SMILES string of the molecule is CCC.FC1CCCC1F. The Bertz CT molecular complexity index is 65.7. The molecule has 0 aliphatic heterocycles. The van der Waals surface area contributed by atoms with Gasteiger partial charge in [0, 0.05) is 0 Å². The lowest BCUT2D eigenvalue weighted by molar-refractivity contribution is 0.199. The van der Waals surface area contributed by atoms with Crippen LogP contribution in [0.5, 0.6) is 0 Å².